The predicted octanol–water partition coefficient (Wildman–Crippen LogP) is 3.96. The van der Waals surface area contributed by atoms with Crippen LogP contribution in [0.3, 0.4) is 0 Å². The minimum absolute atomic E-state index is 0.0222. The Morgan fingerprint density at radius 3 is 2.26 bits per heavy atom. The molecule has 0 saturated carbocycles. The summed E-state index contributed by atoms with van der Waals surface area (Å²) < 4.78 is 10.6. The second-order valence-electron chi connectivity index (χ2n) is 9.95. The van der Waals surface area contributed by atoms with Gasteiger partial charge >= 0.3 is 18.0 Å². The summed E-state index contributed by atoms with van der Waals surface area (Å²) in [7, 11) is 0. The average molecular weight is 590 g/mol. The van der Waals surface area contributed by atoms with Crippen LogP contribution >= 0.6 is 0 Å². The second kappa shape index (κ2) is 14.1. The number of ether oxygens (including phenoxy) is 2. The number of non-ortho nitro benzene ring substituents is 1. The van der Waals surface area contributed by atoms with Gasteiger partial charge in [-0.25, -0.2) is 9.59 Å². The number of amides is 2. The zero-order valence-electron chi connectivity index (χ0n) is 23.4. The molecule has 0 fully saturated rings. The monoisotopic (exact) mass is 589 g/mol. The van der Waals surface area contributed by atoms with Gasteiger partial charge in [0.25, 0.3) is 5.69 Å². The summed E-state index contributed by atoms with van der Waals surface area (Å²) >= 11 is 0. The van der Waals surface area contributed by atoms with Crippen molar-refractivity contribution in [3.05, 3.63) is 111 Å². The lowest BCUT2D eigenvalue weighted by Gasteiger charge is -2.36. The molecule has 0 unspecified atom stereocenters. The minimum atomic E-state index is -1.63. The molecule has 12 heteroatoms. The molecular formula is C31H31N3O9. The number of hydrogen-bond acceptors (Lipinski definition) is 8. The Hall–Kier alpha value is -5.26. The highest BCUT2D eigenvalue weighted by atomic mass is 16.6. The molecule has 0 radical (unpaired) electrons. The highest BCUT2D eigenvalue weighted by Gasteiger charge is 2.40. The van der Waals surface area contributed by atoms with Crippen LogP contribution in [-0.4, -0.2) is 57.6 Å². The topological polar surface area (TPSA) is 165 Å². The molecule has 12 nitrogen and oxygen atoms in total. The maximum absolute atomic E-state index is 13.8. The molecular weight excluding hydrogens is 558 g/mol. The van der Waals surface area contributed by atoms with Gasteiger partial charge in [0.05, 0.1) is 24.5 Å². The molecule has 2 N–H and O–H groups in total. The molecule has 1 aliphatic rings. The van der Waals surface area contributed by atoms with Crippen molar-refractivity contribution in [2.45, 2.75) is 50.9 Å². The molecule has 2 amide bonds. The van der Waals surface area contributed by atoms with Gasteiger partial charge in [0.2, 0.25) is 5.91 Å². The van der Waals surface area contributed by atoms with E-state index in [4.69, 9.17) is 9.47 Å². The number of carboxylic acid groups (broad SMARTS) is 1. The molecule has 224 valence electrons. The van der Waals surface area contributed by atoms with Gasteiger partial charge in [-0.3, -0.25) is 24.6 Å². The summed E-state index contributed by atoms with van der Waals surface area (Å²) in [6.45, 7) is 1.69. The van der Waals surface area contributed by atoms with E-state index in [1.807, 2.05) is 24.3 Å². The highest BCUT2D eigenvalue weighted by molar-refractivity contribution is 5.90. The smallest absolute Gasteiger partial charge is 0.411 e. The zero-order chi connectivity index (χ0) is 30.9. The summed E-state index contributed by atoms with van der Waals surface area (Å²) in [6, 6.07) is 18.7. The molecule has 0 bridgehead atoms. The van der Waals surface area contributed by atoms with Gasteiger partial charge in [0.15, 0.2) is 0 Å². The number of benzene rings is 3. The minimum Gasteiger partial charge on any atom is -0.480 e. The van der Waals surface area contributed by atoms with E-state index in [0.717, 1.165) is 16.7 Å². The third-order valence-electron chi connectivity index (χ3n) is 7.18. The van der Waals surface area contributed by atoms with E-state index < -0.39 is 53.3 Å². The third-order valence-corrected chi connectivity index (χ3v) is 7.18. The largest absolute Gasteiger partial charge is 0.480 e. The van der Waals surface area contributed by atoms with Crippen molar-refractivity contribution < 1.29 is 38.7 Å². The van der Waals surface area contributed by atoms with Crippen LogP contribution in [0.4, 0.5) is 10.5 Å². The fourth-order valence-corrected chi connectivity index (χ4v) is 5.01. The Bertz CT molecular complexity index is 1480. The Kier molecular flexibility index (Phi) is 10.0. The first-order chi connectivity index (χ1) is 20.7. The maximum atomic E-state index is 13.8. The number of fused-ring (bicyclic) bond motifs is 1. The van der Waals surface area contributed by atoms with E-state index in [2.05, 4.69) is 5.32 Å². The number of nitro benzene ring substituents is 1. The number of carboxylic acids is 1. The van der Waals surface area contributed by atoms with Crippen molar-refractivity contribution in [2.24, 2.45) is 0 Å². The number of carbonyl (C=O) groups is 4. The second-order valence-corrected chi connectivity index (χ2v) is 9.95. The Morgan fingerprint density at radius 2 is 1.63 bits per heavy atom. The van der Waals surface area contributed by atoms with Crippen LogP contribution in [0.25, 0.3) is 0 Å². The maximum Gasteiger partial charge on any atom is 0.411 e. The standard InChI is InChI=1S/C31H31N3O9/c1-2-42-27(35)17-25(21-12-14-24(15-13-21)34(40)41)28(30(37)38)32-29(36)26-16-22-10-6-7-11-23(22)18-33(26)31(39)43-19-20-8-4-3-5-9-20/h3-15,25-26,28H,2,16-19H2,1H3,(H,32,36)(H,37,38)/t25-,26+,28+/m1/s1. The van der Waals surface area contributed by atoms with Crippen molar-refractivity contribution in [1.29, 1.82) is 0 Å². The van der Waals surface area contributed by atoms with Crippen LogP contribution in [0.1, 0.15) is 41.5 Å². The predicted molar refractivity (Wildman–Crippen MR) is 153 cm³/mol. The van der Waals surface area contributed by atoms with Crippen LogP contribution in [0.2, 0.25) is 0 Å². The highest BCUT2D eigenvalue weighted by Crippen LogP contribution is 2.29. The summed E-state index contributed by atoms with van der Waals surface area (Å²) in [5.74, 6) is -4.02. The number of nitro groups is 1. The number of hydrogen-bond donors (Lipinski definition) is 2. The SMILES string of the molecule is CCOC(=O)C[C@H](c1ccc([N+](=O)[O-])cc1)[C@H](NC(=O)[C@@H]1Cc2ccccc2CN1C(=O)OCc1ccccc1)C(=O)O. The number of rotatable bonds is 11. The molecule has 4 rings (SSSR count). The van der Waals surface area contributed by atoms with E-state index >= 15 is 0 Å². The van der Waals surface area contributed by atoms with E-state index in [0.29, 0.717) is 0 Å². The fraction of sp³-hybridized carbons (Fsp3) is 0.290. The van der Waals surface area contributed by atoms with Gasteiger partial charge in [0.1, 0.15) is 18.7 Å². The molecule has 0 saturated heterocycles. The molecule has 0 aliphatic carbocycles. The number of esters is 1. The van der Waals surface area contributed by atoms with Gasteiger partial charge in [0, 0.05) is 24.5 Å². The van der Waals surface area contributed by atoms with Crippen molar-refractivity contribution in [1.82, 2.24) is 10.2 Å². The molecule has 0 spiro atoms. The van der Waals surface area contributed by atoms with Crippen molar-refractivity contribution in [2.75, 3.05) is 6.61 Å². The molecule has 3 aromatic rings. The van der Waals surface area contributed by atoms with Gasteiger partial charge in [-0.05, 0) is 29.2 Å². The van der Waals surface area contributed by atoms with E-state index in [-0.39, 0.29) is 37.4 Å². The average Bonchev–Trinajstić information content (AvgIpc) is 3.01. The number of nitrogens with one attached hydrogen (secondary N) is 1. The summed E-state index contributed by atoms with van der Waals surface area (Å²) in [5, 5.41) is 23.9. The number of nitrogens with zero attached hydrogens (tertiary/aromatic N) is 2. The first-order valence-electron chi connectivity index (χ1n) is 13.6. The van der Waals surface area contributed by atoms with Gasteiger partial charge in [-0.15, -0.1) is 0 Å². The summed E-state index contributed by atoms with van der Waals surface area (Å²) in [4.78, 5) is 63.9. The first-order valence-corrected chi connectivity index (χ1v) is 13.6. The van der Waals surface area contributed by atoms with Crippen molar-refractivity contribution in [3.63, 3.8) is 0 Å². The summed E-state index contributed by atoms with van der Waals surface area (Å²) in [5.41, 5.74) is 2.45. The van der Waals surface area contributed by atoms with E-state index in [9.17, 15) is 34.4 Å². The van der Waals surface area contributed by atoms with Gasteiger partial charge < -0.3 is 19.9 Å². The first kappa shape index (κ1) is 30.7. The number of aliphatic carboxylic acids is 1. The Balaban J connectivity index is 1.61. The van der Waals surface area contributed by atoms with Crippen LogP contribution in [0.5, 0.6) is 0 Å². The third kappa shape index (κ3) is 7.73. The Morgan fingerprint density at radius 1 is 0.977 bits per heavy atom. The van der Waals surface area contributed by atoms with E-state index in [1.165, 1.54) is 29.2 Å². The van der Waals surface area contributed by atoms with Crippen LogP contribution in [0.15, 0.2) is 78.9 Å². The molecule has 0 aromatic heterocycles. The fourth-order valence-electron chi connectivity index (χ4n) is 5.01. The summed E-state index contributed by atoms with van der Waals surface area (Å²) in [6.07, 6.45) is -1.06. The Labute approximate surface area is 247 Å². The normalized spacial score (nSPS) is 15.4. The zero-order valence-corrected chi connectivity index (χ0v) is 23.4. The molecule has 3 atom stereocenters. The number of carbonyl (C=O) groups excluding carboxylic acids is 3. The van der Waals surface area contributed by atoms with Crippen LogP contribution in [0, 0.1) is 10.1 Å². The molecule has 1 aliphatic heterocycles. The van der Waals surface area contributed by atoms with Crippen LogP contribution in [-0.2, 0) is 43.4 Å². The lowest BCUT2D eigenvalue weighted by Crippen LogP contribution is -2.56. The lowest BCUT2D eigenvalue weighted by molar-refractivity contribution is -0.384. The van der Waals surface area contributed by atoms with Gasteiger partial charge in [-0.1, -0.05) is 66.7 Å². The van der Waals surface area contributed by atoms with Crippen molar-refractivity contribution in [3.8, 4) is 0 Å². The molecule has 43 heavy (non-hydrogen) atoms. The quantitative estimate of drug-likeness (QED) is 0.191. The lowest BCUT2D eigenvalue weighted by atomic mass is 9.87. The molecule has 3 aromatic carbocycles. The van der Waals surface area contributed by atoms with Crippen molar-refractivity contribution >= 4 is 29.6 Å². The van der Waals surface area contributed by atoms with Crippen LogP contribution < -0.4 is 5.32 Å². The molecule has 1 heterocycles. The van der Waals surface area contributed by atoms with E-state index in [1.54, 1.807) is 37.3 Å². The van der Waals surface area contributed by atoms with Gasteiger partial charge in [-0.2, -0.15) is 0 Å².